The molecule has 18 heavy (non-hydrogen) atoms. The van der Waals surface area contributed by atoms with Crippen molar-refractivity contribution in [3.05, 3.63) is 24.3 Å². The molecule has 0 saturated heterocycles. The Balaban J connectivity index is 2.75. The number of hydrogen-bond donors (Lipinski definition) is 1. The molecule has 0 aliphatic rings. The highest BCUT2D eigenvalue weighted by Crippen LogP contribution is 2.25. The van der Waals surface area contributed by atoms with Crippen LogP contribution in [0.4, 0.5) is 5.69 Å². The van der Waals surface area contributed by atoms with Crippen molar-refractivity contribution in [3.63, 3.8) is 0 Å². The van der Waals surface area contributed by atoms with Gasteiger partial charge in [-0.05, 0) is 32.4 Å². The van der Waals surface area contributed by atoms with Crippen LogP contribution in [0.2, 0.25) is 0 Å². The second-order valence-corrected chi connectivity index (χ2v) is 4.26. The van der Waals surface area contributed by atoms with Crippen LogP contribution in [0.5, 0.6) is 5.75 Å². The first-order valence-electron chi connectivity index (χ1n) is 6.08. The van der Waals surface area contributed by atoms with Crippen molar-refractivity contribution < 1.29 is 14.3 Å². The molecule has 0 spiro atoms. The summed E-state index contributed by atoms with van der Waals surface area (Å²) in [6.45, 7) is 5.39. The van der Waals surface area contributed by atoms with Crippen LogP contribution >= 0.6 is 0 Å². The second-order valence-electron chi connectivity index (χ2n) is 4.26. The van der Waals surface area contributed by atoms with E-state index in [0.29, 0.717) is 11.4 Å². The molecule has 1 atom stereocenters. The van der Waals surface area contributed by atoms with Gasteiger partial charge in [-0.1, -0.05) is 19.1 Å². The number of benzene rings is 1. The smallest absolute Gasteiger partial charge is 0.231 e. The SMILES string of the molecule is CCC(C)Oc1ccccc1NC(=O)CC(C)=O. The van der Waals surface area contributed by atoms with E-state index in [1.54, 1.807) is 12.1 Å². The molecule has 1 N–H and O–H groups in total. The van der Waals surface area contributed by atoms with Crippen LogP contribution in [0, 0.1) is 0 Å². The number of para-hydroxylation sites is 2. The van der Waals surface area contributed by atoms with Crippen molar-refractivity contribution in [3.8, 4) is 5.75 Å². The van der Waals surface area contributed by atoms with E-state index in [-0.39, 0.29) is 24.2 Å². The minimum atomic E-state index is -0.317. The Morgan fingerprint density at radius 1 is 1.33 bits per heavy atom. The molecule has 1 amide bonds. The molecule has 1 unspecified atom stereocenters. The van der Waals surface area contributed by atoms with Crippen molar-refractivity contribution >= 4 is 17.4 Å². The maximum Gasteiger partial charge on any atom is 0.231 e. The summed E-state index contributed by atoms with van der Waals surface area (Å²) in [5.74, 6) is 0.152. The maximum absolute atomic E-state index is 11.5. The summed E-state index contributed by atoms with van der Waals surface area (Å²) in [5, 5.41) is 2.69. The predicted octanol–water partition coefficient (Wildman–Crippen LogP) is 2.78. The third-order valence-corrected chi connectivity index (χ3v) is 2.47. The molecular weight excluding hydrogens is 230 g/mol. The van der Waals surface area contributed by atoms with Crippen LogP contribution in [-0.4, -0.2) is 17.8 Å². The zero-order valence-corrected chi connectivity index (χ0v) is 11.0. The predicted molar refractivity (Wildman–Crippen MR) is 70.8 cm³/mol. The molecule has 0 bridgehead atoms. The average Bonchev–Trinajstić information content (AvgIpc) is 2.30. The summed E-state index contributed by atoms with van der Waals surface area (Å²) in [6, 6.07) is 7.22. The van der Waals surface area contributed by atoms with Crippen LogP contribution in [0.15, 0.2) is 24.3 Å². The monoisotopic (exact) mass is 249 g/mol. The van der Waals surface area contributed by atoms with Crippen LogP contribution < -0.4 is 10.1 Å². The van der Waals surface area contributed by atoms with Gasteiger partial charge < -0.3 is 10.1 Å². The van der Waals surface area contributed by atoms with Crippen LogP contribution in [0.3, 0.4) is 0 Å². The van der Waals surface area contributed by atoms with Gasteiger partial charge in [0.15, 0.2) is 0 Å². The Morgan fingerprint density at radius 2 is 2.00 bits per heavy atom. The molecule has 98 valence electrons. The number of ether oxygens (including phenoxy) is 1. The lowest BCUT2D eigenvalue weighted by atomic mass is 10.2. The highest BCUT2D eigenvalue weighted by molar-refractivity contribution is 6.04. The zero-order valence-electron chi connectivity index (χ0n) is 11.0. The molecule has 4 nitrogen and oxygen atoms in total. The minimum absolute atomic E-state index is 0.0795. The molecule has 0 aliphatic heterocycles. The van der Waals surface area contributed by atoms with Gasteiger partial charge in [-0.15, -0.1) is 0 Å². The Hall–Kier alpha value is -1.84. The Labute approximate surface area is 107 Å². The first-order chi connectivity index (χ1) is 8.52. The molecule has 0 heterocycles. The van der Waals surface area contributed by atoms with Gasteiger partial charge in [-0.2, -0.15) is 0 Å². The molecular formula is C14H19NO3. The summed E-state index contributed by atoms with van der Waals surface area (Å²) in [7, 11) is 0. The normalized spacial score (nSPS) is 11.7. The fourth-order valence-corrected chi connectivity index (χ4v) is 1.39. The van der Waals surface area contributed by atoms with Gasteiger partial charge >= 0.3 is 0 Å². The quantitative estimate of drug-likeness (QED) is 0.789. The fourth-order valence-electron chi connectivity index (χ4n) is 1.39. The number of Topliss-reactive ketones (excluding diaryl/α,β-unsaturated/α-hetero) is 1. The summed E-state index contributed by atoms with van der Waals surface area (Å²) in [6.07, 6.45) is 0.851. The van der Waals surface area contributed by atoms with E-state index in [9.17, 15) is 9.59 Å². The molecule has 1 aromatic carbocycles. The van der Waals surface area contributed by atoms with Crippen LogP contribution in [-0.2, 0) is 9.59 Å². The summed E-state index contributed by atoms with van der Waals surface area (Å²) in [4.78, 5) is 22.4. The number of ketones is 1. The average molecular weight is 249 g/mol. The van der Waals surface area contributed by atoms with E-state index in [4.69, 9.17) is 4.74 Å². The molecule has 0 aromatic heterocycles. The van der Waals surface area contributed by atoms with E-state index in [1.807, 2.05) is 26.0 Å². The Bertz CT molecular complexity index is 429. The highest BCUT2D eigenvalue weighted by atomic mass is 16.5. The van der Waals surface area contributed by atoms with Gasteiger partial charge in [0, 0.05) is 0 Å². The molecule has 0 fully saturated rings. The lowest BCUT2D eigenvalue weighted by Crippen LogP contribution is -2.17. The van der Waals surface area contributed by atoms with Crippen LogP contribution in [0.1, 0.15) is 33.6 Å². The summed E-state index contributed by atoms with van der Waals surface area (Å²) in [5.41, 5.74) is 0.601. The van der Waals surface area contributed by atoms with Gasteiger partial charge in [-0.3, -0.25) is 9.59 Å². The lowest BCUT2D eigenvalue weighted by Gasteiger charge is -2.16. The standard InChI is InChI=1S/C14H19NO3/c1-4-11(3)18-13-8-6-5-7-12(13)15-14(17)9-10(2)16/h5-8,11H,4,9H2,1-3H3,(H,15,17). The minimum Gasteiger partial charge on any atom is -0.489 e. The third-order valence-electron chi connectivity index (χ3n) is 2.47. The number of hydrogen-bond acceptors (Lipinski definition) is 3. The van der Waals surface area contributed by atoms with Gasteiger partial charge in [0.1, 0.15) is 11.5 Å². The number of carbonyl (C=O) groups is 2. The number of carbonyl (C=O) groups excluding carboxylic acids is 2. The van der Waals surface area contributed by atoms with Gasteiger partial charge in [-0.25, -0.2) is 0 Å². The van der Waals surface area contributed by atoms with E-state index in [0.717, 1.165) is 6.42 Å². The topological polar surface area (TPSA) is 55.4 Å². The van der Waals surface area contributed by atoms with Gasteiger partial charge in [0.2, 0.25) is 5.91 Å². The van der Waals surface area contributed by atoms with Crippen molar-refractivity contribution in [2.75, 3.05) is 5.32 Å². The van der Waals surface area contributed by atoms with Crippen LogP contribution in [0.25, 0.3) is 0 Å². The van der Waals surface area contributed by atoms with Crippen molar-refractivity contribution in [2.24, 2.45) is 0 Å². The van der Waals surface area contributed by atoms with E-state index in [2.05, 4.69) is 5.32 Å². The van der Waals surface area contributed by atoms with Crippen molar-refractivity contribution in [1.82, 2.24) is 0 Å². The maximum atomic E-state index is 11.5. The molecule has 1 rings (SSSR count). The molecule has 4 heteroatoms. The van der Waals surface area contributed by atoms with Gasteiger partial charge in [0.25, 0.3) is 0 Å². The van der Waals surface area contributed by atoms with Crippen molar-refractivity contribution in [1.29, 1.82) is 0 Å². The molecule has 1 aromatic rings. The Morgan fingerprint density at radius 3 is 2.61 bits per heavy atom. The summed E-state index contributed by atoms with van der Waals surface area (Å²) < 4.78 is 5.70. The fraction of sp³-hybridized carbons (Fsp3) is 0.429. The number of rotatable bonds is 6. The lowest BCUT2D eigenvalue weighted by molar-refractivity contribution is -0.124. The van der Waals surface area contributed by atoms with E-state index >= 15 is 0 Å². The van der Waals surface area contributed by atoms with Gasteiger partial charge in [0.05, 0.1) is 18.2 Å². The summed E-state index contributed by atoms with van der Waals surface area (Å²) >= 11 is 0. The number of nitrogens with one attached hydrogen (secondary N) is 1. The molecule has 0 saturated carbocycles. The highest BCUT2D eigenvalue weighted by Gasteiger charge is 2.10. The molecule has 0 aliphatic carbocycles. The Kier molecular flexibility index (Phi) is 5.36. The van der Waals surface area contributed by atoms with E-state index < -0.39 is 0 Å². The largest absolute Gasteiger partial charge is 0.489 e. The first kappa shape index (κ1) is 14.2. The van der Waals surface area contributed by atoms with E-state index in [1.165, 1.54) is 6.92 Å². The zero-order chi connectivity index (χ0) is 13.5. The second kappa shape index (κ2) is 6.79. The number of amides is 1. The van der Waals surface area contributed by atoms with Crippen molar-refractivity contribution in [2.45, 2.75) is 39.7 Å². The first-order valence-corrected chi connectivity index (χ1v) is 6.08. The number of anilines is 1. The molecule has 0 radical (unpaired) electrons. The third kappa shape index (κ3) is 4.57.